The standard InChI is InChI=1S/C13H22N4O/c1-10-12(11(2)16-15-10)13(18)14-6-9-17-7-4-3-5-8-17/h3-9H2,1-2H3,(H,14,18)(H,15,16). The van der Waals surface area contributed by atoms with Crippen molar-refractivity contribution < 1.29 is 4.79 Å². The van der Waals surface area contributed by atoms with E-state index in [2.05, 4.69) is 20.4 Å². The van der Waals surface area contributed by atoms with Crippen molar-refractivity contribution in [2.45, 2.75) is 33.1 Å². The van der Waals surface area contributed by atoms with Crippen LogP contribution in [0.4, 0.5) is 0 Å². The van der Waals surface area contributed by atoms with Crippen molar-refractivity contribution in [2.75, 3.05) is 26.2 Å². The van der Waals surface area contributed by atoms with E-state index >= 15 is 0 Å². The Morgan fingerprint density at radius 2 is 2.06 bits per heavy atom. The number of aromatic nitrogens is 2. The number of aromatic amines is 1. The lowest BCUT2D eigenvalue weighted by Gasteiger charge is -2.26. The van der Waals surface area contributed by atoms with Crippen LogP contribution >= 0.6 is 0 Å². The topological polar surface area (TPSA) is 61.0 Å². The third-order valence-corrected chi connectivity index (χ3v) is 3.52. The minimum Gasteiger partial charge on any atom is -0.351 e. The number of amides is 1. The molecule has 100 valence electrons. The molecule has 2 rings (SSSR count). The molecule has 1 aliphatic rings. The van der Waals surface area contributed by atoms with Gasteiger partial charge in [0.25, 0.3) is 5.91 Å². The van der Waals surface area contributed by atoms with Crippen LogP contribution in [-0.4, -0.2) is 47.2 Å². The minimum atomic E-state index is -0.0178. The number of hydrogen-bond acceptors (Lipinski definition) is 3. The van der Waals surface area contributed by atoms with Crippen LogP contribution < -0.4 is 5.32 Å². The largest absolute Gasteiger partial charge is 0.351 e. The average Bonchev–Trinajstić information content (AvgIpc) is 2.70. The Hall–Kier alpha value is -1.36. The number of carbonyl (C=O) groups is 1. The molecule has 0 spiro atoms. The van der Waals surface area contributed by atoms with Crippen molar-refractivity contribution in [3.8, 4) is 0 Å². The highest BCUT2D eigenvalue weighted by Gasteiger charge is 2.15. The first-order valence-corrected chi connectivity index (χ1v) is 6.70. The number of nitrogens with zero attached hydrogens (tertiary/aromatic N) is 2. The predicted octanol–water partition coefficient (Wildman–Crippen LogP) is 1.24. The smallest absolute Gasteiger partial charge is 0.255 e. The van der Waals surface area contributed by atoms with E-state index in [4.69, 9.17) is 0 Å². The zero-order chi connectivity index (χ0) is 13.0. The first kappa shape index (κ1) is 13.1. The Morgan fingerprint density at radius 3 is 2.67 bits per heavy atom. The minimum absolute atomic E-state index is 0.0178. The number of piperidine rings is 1. The second-order valence-electron chi connectivity index (χ2n) is 4.97. The number of H-pyrrole nitrogens is 1. The number of rotatable bonds is 4. The molecule has 1 saturated heterocycles. The summed E-state index contributed by atoms with van der Waals surface area (Å²) in [5.74, 6) is -0.0178. The summed E-state index contributed by atoms with van der Waals surface area (Å²) in [4.78, 5) is 14.4. The number of carbonyl (C=O) groups excluding carboxylic acids is 1. The van der Waals surface area contributed by atoms with Gasteiger partial charge in [0, 0.05) is 18.8 Å². The van der Waals surface area contributed by atoms with Gasteiger partial charge in [-0.05, 0) is 39.8 Å². The lowest BCUT2D eigenvalue weighted by atomic mass is 10.1. The second-order valence-corrected chi connectivity index (χ2v) is 4.97. The first-order chi connectivity index (χ1) is 8.68. The van der Waals surface area contributed by atoms with Crippen LogP contribution in [0.2, 0.25) is 0 Å². The van der Waals surface area contributed by atoms with E-state index in [0.717, 1.165) is 17.9 Å². The van der Waals surface area contributed by atoms with Gasteiger partial charge in [0.1, 0.15) is 0 Å². The van der Waals surface area contributed by atoms with Crippen molar-refractivity contribution in [3.05, 3.63) is 17.0 Å². The molecule has 2 N–H and O–H groups in total. The Labute approximate surface area is 108 Å². The van der Waals surface area contributed by atoms with Gasteiger partial charge in [-0.2, -0.15) is 5.10 Å². The van der Waals surface area contributed by atoms with Crippen LogP contribution in [0.1, 0.15) is 41.0 Å². The summed E-state index contributed by atoms with van der Waals surface area (Å²) in [6, 6.07) is 0. The van der Waals surface area contributed by atoms with Crippen LogP contribution in [0.25, 0.3) is 0 Å². The molecule has 1 amide bonds. The fourth-order valence-corrected chi connectivity index (χ4v) is 2.48. The van der Waals surface area contributed by atoms with E-state index in [0.29, 0.717) is 12.1 Å². The van der Waals surface area contributed by atoms with Gasteiger partial charge in [-0.25, -0.2) is 0 Å². The van der Waals surface area contributed by atoms with Crippen molar-refractivity contribution in [1.82, 2.24) is 20.4 Å². The number of hydrogen-bond donors (Lipinski definition) is 2. The molecule has 0 aromatic carbocycles. The Bertz CT molecular complexity index is 388. The van der Waals surface area contributed by atoms with Gasteiger partial charge in [-0.1, -0.05) is 6.42 Å². The van der Waals surface area contributed by atoms with E-state index in [1.807, 2.05) is 13.8 Å². The fourth-order valence-electron chi connectivity index (χ4n) is 2.48. The zero-order valence-corrected chi connectivity index (χ0v) is 11.3. The fraction of sp³-hybridized carbons (Fsp3) is 0.692. The highest BCUT2D eigenvalue weighted by atomic mass is 16.1. The SMILES string of the molecule is Cc1n[nH]c(C)c1C(=O)NCCN1CCCCC1. The molecule has 0 aliphatic carbocycles. The van der Waals surface area contributed by atoms with Crippen LogP contribution in [0.3, 0.4) is 0 Å². The van der Waals surface area contributed by atoms with Crippen LogP contribution in [0.5, 0.6) is 0 Å². The lowest BCUT2D eigenvalue weighted by molar-refractivity contribution is 0.0945. The van der Waals surface area contributed by atoms with Gasteiger partial charge in [0.2, 0.25) is 0 Å². The maximum atomic E-state index is 12.0. The predicted molar refractivity (Wildman–Crippen MR) is 70.7 cm³/mol. The molecule has 1 fully saturated rings. The molecule has 1 aliphatic heterocycles. The van der Waals surface area contributed by atoms with Crippen molar-refractivity contribution in [1.29, 1.82) is 0 Å². The summed E-state index contributed by atoms with van der Waals surface area (Å²) in [6.45, 7) is 7.71. The monoisotopic (exact) mass is 250 g/mol. The molecule has 0 bridgehead atoms. The van der Waals surface area contributed by atoms with Gasteiger partial charge in [0.05, 0.1) is 11.3 Å². The van der Waals surface area contributed by atoms with E-state index in [1.54, 1.807) is 0 Å². The van der Waals surface area contributed by atoms with E-state index in [9.17, 15) is 4.79 Å². The van der Waals surface area contributed by atoms with Crippen molar-refractivity contribution in [2.24, 2.45) is 0 Å². The number of nitrogens with one attached hydrogen (secondary N) is 2. The van der Waals surface area contributed by atoms with E-state index in [1.165, 1.54) is 32.4 Å². The third-order valence-electron chi connectivity index (χ3n) is 3.52. The summed E-state index contributed by atoms with van der Waals surface area (Å²) in [6.07, 6.45) is 3.91. The van der Waals surface area contributed by atoms with Gasteiger partial charge in [0.15, 0.2) is 0 Å². The van der Waals surface area contributed by atoms with Crippen molar-refractivity contribution in [3.63, 3.8) is 0 Å². The molecule has 1 aromatic heterocycles. The molecule has 0 unspecified atom stereocenters. The Balaban J connectivity index is 1.78. The van der Waals surface area contributed by atoms with E-state index < -0.39 is 0 Å². The maximum Gasteiger partial charge on any atom is 0.255 e. The highest BCUT2D eigenvalue weighted by Crippen LogP contribution is 2.09. The van der Waals surface area contributed by atoms with Gasteiger partial charge >= 0.3 is 0 Å². The Morgan fingerprint density at radius 1 is 1.33 bits per heavy atom. The molecule has 2 heterocycles. The summed E-state index contributed by atoms with van der Waals surface area (Å²) in [7, 11) is 0. The summed E-state index contributed by atoms with van der Waals surface area (Å²) < 4.78 is 0. The van der Waals surface area contributed by atoms with Gasteiger partial charge in [-0.15, -0.1) is 0 Å². The molecule has 1 aromatic rings. The summed E-state index contributed by atoms with van der Waals surface area (Å²) >= 11 is 0. The molecule has 0 atom stereocenters. The van der Waals surface area contributed by atoms with Crippen LogP contribution in [0.15, 0.2) is 0 Å². The quantitative estimate of drug-likeness (QED) is 0.845. The first-order valence-electron chi connectivity index (χ1n) is 6.70. The highest BCUT2D eigenvalue weighted by molar-refractivity contribution is 5.96. The van der Waals surface area contributed by atoms with Gasteiger partial charge < -0.3 is 10.2 Å². The molecule has 5 nitrogen and oxygen atoms in total. The molecular weight excluding hydrogens is 228 g/mol. The average molecular weight is 250 g/mol. The normalized spacial score (nSPS) is 16.8. The van der Waals surface area contributed by atoms with E-state index in [-0.39, 0.29) is 5.91 Å². The van der Waals surface area contributed by atoms with Gasteiger partial charge in [-0.3, -0.25) is 9.89 Å². The number of likely N-dealkylation sites (tertiary alicyclic amines) is 1. The summed E-state index contributed by atoms with van der Waals surface area (Å²) in [5, 5.41) is 9.85. The molecular formula is C13H22N4O. The molecule has 18 heavy (non-hydrogen) atoms. The third kappa shape index (κ3) is 3.10. The lowest BCUT2D eigenvalue weighted by Crippen LogP contribution is -2.37. The van der Waals surface area contributed by atoms with Crippen LogP contribution in [-0.2, 0) is 0 Å². The van der Waals surface area contributed by atoms with Crippen molar-refractivity contribution >= 4 is 5.91 Å². The van der Waals surface area contributed by atoms with Crippen LogP contribution in [0, 0.1) is 13.8 Å². The zero-order valence-electron chi connectivity index (χ0n) is 11.3. The molecule has 0 radical (unpaired) electrons. The second kappa shape index (κ2) is 6.00. The maximum absolute atomic E-state index is 12.0. The number of aryl methyl sites for hydroxylation is 2. The molecule has 0 saturated carbocycles. The molecule has 5 heteroatoms. The summed E-state index contributed by atoms with van der Waals surface area (Å²) in [5.41, 5.74) is 2.29. The Kier molecular flexibility index (Phi) is 4.36.